The SMILES string of the molecule is Cc1nc(NCc2ccccn2)nc(Nc2cccc(F)c2)c1C. The molecule has 0 atom stereocenters. The molecule has 3 aromatic rings. The van der Waals surface area contributed by atoms with E-state index >= 15 is 0 Å². The summed E-state index contributed by atoms with van der Waals surface area (Å²) < 4.78 is 13.3. The smallest absolute Gasteiger partial charge is 0.225 e. The summed E-state index contributed by atoms with van der Waals surface area (Å²) in [5.74, 6) is 0.858. The fourth-order valence-corrected chi connectivity index (χ4v) is 2.20. The zero-order valence-corrected chi connectivity index (χ0v) is 13.5. The number of benzene rings is 1. The van der Waals surface area contributed by atoms with Gasteiger partial charge < -0.3 is 10.6 Å². The number of hydrogen-bond acceptors (Lipinski definition) is 5. The van der Waals surface area contributed by atoms with Gasteiger partial charge in [-0.25, -0.2) is 9.37 Å². The van der Waals surface area contributed by atoms with Crippen molar-refractivity contribution in [3.63, 3.8) is 0 Å². The van der Waals surface area contributed by atoms with Gasteiger partial charge in [-0.1, -0.05) is 12.1 Å². The zero-order valence-electron chi connectivity index (χ0n) is 13.5. The fourth-order valence-electron chi connectivity index (χ4n) is 2.20. The standard InChI is InChI=1S/C18H18FN5/c1-12-13(2)22-18(21-11-16-7-3-4-9-20-16)24-17(12)23-15-8-5-6-14(19)10-15/h3-10H,11H2,1-2H3,(H2,21,22,23,24). The lowest BCUT2D eigenvalue weighted by Crippen LogP contribution is -2.09. The number of hydrogen-bond donors (Lipinski definition) is 2. The third-order valence-electron chi connectivity index (χ3n) is 3.63. The first-order valence-electron chi connectivity index (χ1n) is 7.63. The predicted octanol–water partition coefficient (Wildman–Crippen LogP) is 3.98. The van der Waals surface area contributed by atoms with Crippen LogP contribution in [0.1, 0.15) is 17.0 Å². The van der Waals surface area contributed by atoms with Gasteiger partial charge in [-0.2, -0.15) is 4.98 Å². The first kappa shape index (κ1) is 15.9. The quantitative estimate of drug-likeness (QED) is 0.743. The fraction of sp³-hybridized carbons (Fsp3) is 0.167. The molecular formula is C18H18FN5. The number of aromatic nitrogens is 3. The molecule has 6 heteroatoms. The van der Waals surface area contributed by atoms with Crippen LogP contribution in [0.15, 0.2) is 48.7 Å². The Hall–Kier alpha value is -3.02. The minimum absolute atomic E-state index is 0.295. The van der Waals surface area contributed by atoms with Crippen LogP contribution in [0.25, 0.3) is 0 Å². The Balaban J connectivity index is 1.80. The van der Waals surface area contributed by atoms with E-state index < -0.39 is 0 Å². The lowest BCUT2D eigenvalue weighted by atomic mass is 10.2. The van der Waals surface area contributed by atoms with Gasteiger partial charge in [0.15, 0.2) is 0 Å². The van der Waals surface area contributed by atoms with E-state index in [1.165, 1.54) is 12.1 Å². The van der Waals surface area contributed by atoms with Crippen LogP contribution in [-0.4, -0.2) is 15.0 Å². The van der Waals surface area contributed by atoms with Crippen molar-refractivity contribution in [2.45, 2.75) is 20.4 Å². The Morgan fingerprint density at radius 1 is 1.04 bits per heavy atom. The molecule has 0 saturated carbocycles. The average molecular weight is 323 g/mol. The number of nitrogens with zero attached hydrogens (tertiary/aromatic N) is 3. The Bertz CT molecular complexity index is 836. The van der Waals surface area contributed by atoms with E-state index in [0.29, 0.717) is 24.0 Å². The molecule has 24 heavy (non-hydrogen) atoms. The van der Waals surface area contributed by atoms with Crippen molar-refractivity contribution >= 4 is 17.5 Å². The molecular weight excluding hydrogens is 305 g/mol. The molecule has 0 saturated heterocycles. The van der Waals surface area contributed by atoms with Crippen molar-refractivity contribution in [1.29, 1.82) is 0 Å². The molecule has 0 fully saturated rings. The number of rotatable bonds is 5. The molecule has 2 heterocycles. The third kappa shape index (κ3) is 3.84. The first-order chi connectivity index (χ1) is 11.6. The van der Waals surface area contributed by atoms with Gasteiger partial charge in [0.1, 0.15) is 11.6 Å². The molecule has 0 aliphatic carbocycles. The summed E-state index contributed by atoms with van der Waals surface area (Å²) in [6, 6.07) is 12.0. The molecule has 0 spiro atoms. The maximum Gasteiger partial charge on any atom is 0.225 e. The molecule has 0 aliphatic rings. The first-order valence-corrected chi connectivity index (χ1v) is 7.63. The van der Waals surface area contributed by atoms with E-state index in [1.807, 2.05) is 32.0 Å². The second kappa shape index (κ2) is 7.04. The van der Waals surface area contributed by atoms with E-state index in [2.05, 4.69) is 25.6 Å². The van der Waals surface area contributed by atoms with Crippen LogP contribution >= 0.6 is 0 Å². The summed E-state index contributed by atoms with van der Waals surface area (Å²) in [7, 11) is 0. The maximum absolute atomic E-state index is 13.3. The summed E-state index contributed by atoms with van der Waals surface area (Å²) in [6.45, 7) is 4.38. The van der Waals surface area contributed by atoms with E-state index in [1.54, 1.807) is 18.3 Å². The molecule has 122 valence electrons. The lowest BCUT2D eigenvalue weighted by molar-refractivity contribution is 0.628. The molecule has 1 aromatic carbocycles. The summed E-state index contributed by atoms with van der Waals surface area (Å²) >= 11 is 0. The Morgan fingerprint density at radius 3 is 2.67 bits per heavy atom. The van der Waals surface area contributed by atoms with Crippen LogP contribution in [0.3, 0.4) is 0 Å². The highest BCUT2D eigenvalue weighted by Crippen LogP contribution is 2.22. The molecule has 0 aliphatic heterocycles. The molecule has 3 rings (SSSR count). The number of halogens is 1. The van der Waals surface area contributed by atoms with Crippen molar-refractivity contribution in [2.24, 2.45) is 0 Å². The predicted molar refractivity (Wildman–Crippen MR) is 92.8 cm³/mol. The summed E-state index contributed by atoms with van der Waals surface area (Å²) in [4.78, 5) is 13.2. The minimum Gasteiger partial charge on any atom is -0.349 e. The van der Waals surface area contributed by atoms with Crippen LogP contribution in [-0.2, 0) is 6.54 Å². The highest BCUT2D eigenvalue weighted by molar-refractivity contribution is 5.61. The third-order valence-corrected chi connectivity index (χ3v) is 3.63. The van der Waals surface area contributed by atoms with Crippen molar-refractivity contribution in [3.8, 4) is 0 Å². The Morgan fingerprint density at radius 2 is 1.92 bits per heavy atom. The van der Waals surface area contributed by atoms with Crippen LogP contribution in [0.2, 0.25) is 0 Å². The molecule has 0 unspecified atom stereocenters. The van der Waals surface area contributed by atoms with Crippen LogP contribution in [0.4, 0.5) is 21.8 Å². The monoisotopic (exact) mass is 323 g/mol. The van der Waals surface area contributed by atoms with Crippen LogP contribution < -0.4 is 10.6 Å². The molecule has 2 N–H and O–H groups in total. The summed E-state index contributed by atoms with van der Waals surface area (Å²) in [5.41, 5.74) is 3.32. The Kier molecular flexibility index (Phi) is 4.65. The van der Waals surface area contributed by atoms with Gasteiger partial charge in [-0.05, 0) is 44.2 Å². The normalized spacial score (nSPS) is 10.5. The van der Waals surface area contributed by atoms with Crippen molar-refractivity contribution < 1.29 is 4.39 Å². The largest absolute Gasteiger partial charge is 0.349 e. The van der Waals surface area contributed by atoms with Gasteiger partial charge in [0, 0.05) is 23.1 Å². The summed E-state index contributed by atoms with van der Waals surface area (Å²) in [5, 5.41) is 6.31. The molecule has 0 bridgehead atoms. The van der Waals surface area contributed by atoms with Crippen LogP contribution in [0, 0.1) is 19.7 Å². The number of anilines is 3. The molecule has 0 amide bonds. The highest BCUT2D eigenvalue weighted by atomic mass is 19.1. The van der Waals surface area contributed by atoms with Crippen molar-refractivity contribution in [1.82, 2.24) is 15.0 Å². The van der Waals surface area contributed by atoms with E-state index in [4.69, 9.17) is 0 Å². The van der Waals surface area contributed by atoms with Crippen molar-refractivity contribution in [3.05, 3.63) is 71.4 Å². The molecule has 5 nitrogen and oxygen atoms in total. The number of pyridine rings is 1. The van der Waals surface area contributed by atoms with Gasteiger partial charge in [0.05, 0.1) is 12.2 Å². The zero-order chi connectivity index (χ0) is 16.9. The second-order valence-electron chi connectivity index (χ2n) is 5.42. The lowest BCUT2D eigenvalue weighted by Gasteiger charge is -2.13. The van der Waals surface area contributed by atoms with E-state index in [-0.39, 0.29) is 5.82 Å². The van der Waals surface area contributed by atoms with E-state index in [0.717, 1.165) is 17.0 Å². The van der Waals surface area contributed by atoms with Crippen LogP contribution in [0.5, 0.6) is 0 Å². The average Bonchev–Trinajstić information content (AvgIpc) is 2.58. The van der Waals surface area contributed by atoms with E-state index in [9.17, 15) is 4.39 Å². The number of aryl methyl sites for hydroxylation is 1. The summed E-state index contributed by atoms with van der Waals surface area (Å²) in [6.07, 6.45) is 1.75. The van der Waals surface area contributed by atoms with Gasteiger partial charge in [0.25, 0.3) is 0 Å². The molecule has 0 radical (unpaired) electrons. The Labute approximate surface area is 140 Å². The molecule has 2 aromatic heterocycles. The van der Waals surface area contributed by atoms with Crippen molar-refractivity contribution in [2.75, 3.05) is 10.6 Å². The van der Waals surface area contributed by atoms with Gasteiger partial charge in [-0.3, -0.25) is 4.98 Å². The topological polar surface area (TPSA) is 62.7 Å². The minimum atomic E-state index is -0.295. The van der Waals surface area contributed by atoms with Gasteiger partial charge >= 0.3 is 0 Å². The maximum atomic E-state index is 13.3. The number of nitrogens with one attached hydrogen (secondary N) is 2. The second-order valence-corrected chi connectivity index (χ2v) is 5.42. The highest BCUT2D eigenvalue weighted by Gasteiger charge is 2.09. The van der Waals surface area contributed by atoms with Gasteiger partial charge in [-0.15, -0.1) is 0 Å². The van der Waals surface area contributed by atoms with Gasteiger partial charge in [0.2, 0.25) is 5.95 Å².